The van der Waals surface area contributed by atoms with Crippen molar-refractivity contribution in [2.24, 2.45) is 0 Å². The molecular weight excluding hydrogens is 344 g/mol. The molecule has 1 aliphatic heterocycles. The van der Waals surface area contributed by atoms with Crippen molar-refractivity contribution >= 4 is 10.0 Å². The van der Waals surface area contributed by atoms with Crippen LogP contribution in [-0.4, -0.2) is 42.4 Å². The molecule has 7 nitrogen and oxygen atoms in total. The van der Waals surface area contributed by atoms with Gasteiger partial charge in [0.25, 0.3) is 5.92 Å². The molecule has 1 aliphatic rings. The van der Waals surface area contributed by atoms with Crippen molar-refractivity contribution in [1.29, 1.82) is 0 Å². The van der Waals surface area contributed by atoms with Crippen LogP contribution in [0.4, 0.5) is 8.78 Å². The van der Waals surface area contributed by atoms with E-state index in [9.17, 15) is 17.2 Å². The van der Waals surface area contributed by atoms with Gasteiger partial charge in [-0.2, -0.15) is 9.29 Å². The molecule has 2 heterocycles. The number of rotatable bonds is 4. The Labute approximate surface area is 137 Å². The number of sulfonamides is 1. The molecule has 1 aromatic heterocycles. The van der Waals surface area contributed by atoms with Gasteiger partial charge < -0.3 is 9.26 Å². The lowest BCUT2D eigenvalue weighted by molar-refractivity contribution is 0.0166. The minimum absolute atomic E-state index is 0.109. The van der Waals surface area contributed by atoms with Crippen LogP contribution in [0.2, 0.25) is 0 Å². The number of hydrogen-bond donors (Lipinski definition) is 0. The summed E-state index contributed by atoms with van der Waals surface area (Å²) in [7, 11) is -2.71. The van der Waals surface area contributed by atoms with Crippen LogP contribution in [0, 0.1) is 6.92 Å². The molecule has 0 unspecified atom stereocenters. The van der Waals surface area contributed by atoms with Gasteiger partial charge >= 0.3 is 0 Å². The van der Waals surface area contributed by atoms with Crippen molar-refractivity contribution in [3.63, 3.8) is 0 Å². The van der Waals surface area contributed by atoms with E-state index >= 15 is 0 Å². The lowest BCUT2D eigenvalue weighted by Gasteiger charge is -2.20. The highest BCUT2D eigenvalue weighted by Crippen LogP contribution is 2.43. The van der Waals surface area contributed by atoms with E-state index in [0.29, 0.717) is 10.1 Å². The number of aryl methyl sites for hydroxylation is 1. The highest BCUT2D eigenvalue weighted by molar-refractivity contribution is 7.89. The minimum Gasteiger partial charge on any atom is -0.497 e. The second kappa shape index (κ2) is 5.78. The largest absolute Gasteiger partial charge is 0.497 e. The van der Waals surface area contributed by atoms with Crippen molar-refractivity contribution in [3.05, 3.63) is 36.0 Å². The molecule has 1 saturated heterocycles. The van der Waals surface area contributed by atoms with Gasteiger partial charge in [0.05, 0.1) is 18.6 Å². The summed E-state index contributed by atoms with van der Waals surface area (Å²) >= 11 is 0. The number of ether oxygens (including phenoxy) is 1. The van der Waals surface area contributed by atoms with Gasteiger partial charge in [0, 0.05) is 6.42 Å². The predicted molar refractivity (Wildman–Crippen MR) is 78.2 cm³/mol. The molecule has 1 atom stereocenters. The second-order valence-corrected chi connectivity index (χ2v) is 7.37. The zero-order valence-electron chi connectivity index (χ0n) is 12.9. The minimum atomic E-state index is -4.15. The van der Waals surface area contributed by atoms with Crippen LogP contribution < -0.4 is 4.74 Å². The SMILES string of the molecule is COc1ccc(S(=O)(=O)N2CC(F)(F)C[C@H]2c2nc(C)no2)cc1. The van der Waals surface area contributed by atoms with Gasteiger partial charge in [-0.05, 0) is 31.2 Å². The van der Waals surface area contributed by atoms with Crippen molar-refractivity contribution in [2.75, 3.05) is 13.7 Å². The topological polar surface area (TPSA) is 85.5 Å². The molecule has 24 heavy (non-hydrogen) atoms. The fraction of sp³-hybridized carbons (Fsp3) is 0.429. The van der Waals surface area contributed by atoms with E-state index in [1.165, 1.54) is 38.3 Å². The molecule has 3 rings (SSSR count). The van der Waals surface area contributed by atoms with E-state index in [0.717, 1.165) is 0 Å². The Hall–Kier alpha value is -2.07. The van der Waals surface area contributed by atoms with Crippen LogP contribution in [0.3, 0.4) is 0 Å². The molecule has 2 aromatic rings. The van der Waals surface area contributed by atoms with E-state index in [1.807, 2.05) is 0 Å². The zero-order valence-corrected chi connectivity index (χ0v) is 13.8. The summed E-state index contributed by atoms with van der Waals surface area (Å²) in [6, 6.07) is 4.31. The average Bonchev–Trinajstić information content (AvgIpc) is 3.10. The smallest absolute Gasteiger partial charge is 0.263 e. The van der Waals surface area contributed by atoms with Crippen molar-refractivity contribution in [1.82, 2.24) is 14.4 Å². The number of aromatic nitrogens is 2. The summed E-state index contributed by atoms with van der Waals surface area (Å²) in [6.45, 7) is 0.593. The van der Waals surface area contributed by atoms with Crippen LogP contribution >= 0.6 is 0 Å². The number of benzene rings is 1. The van der Waals surface area contributed by atoms with Crippen LogP contribution in [0.1, 0.15) is 24.2 Å². The Morgan fingerprint density at radius 2 is 2.00 bits per heavy atom. The number of nitrogens with zero attached hydrogens (tertiary/aromatic N) is 3. The maximum Gasteiger partial charge on any atom is 0.263 e. The van der Waals surface area contributed by atoms with Gasteiger partial charge in [-0.1, -0.05) is 5.16 Å². The summed E-state index contributed by atoms with van der Waals surface area (Å²) < 4.78 is 63.9. The van der Waals surface area contributed by atoms with Gasteiger partial charge in [0.2, 0.25) is 15.9 Å². The van der Waals surface area contributed by atoms with Crippen LogP contribution in [0.25, 0.3) is 0 Å². The third kappa shape index (κ3) is 2.98. The molecule has 1 fully saturated rings. The fourth-order valence-electron chi connectivity index (χ4n) is 2.58. The normalized spacial score (nSPS) is 21.1. The predicted octanol–water partition coefficient (Wildman–Crippen LogP) is 2.16. The molecule has 0 spiro atoms. The maximum atomic E-state index is 13.9. The number of halogens is 2. The Kier molecular flexibility index (Phi) is 4.04. The van der Waals surface area contributed by atoms with E-state index in [-0.39, 0.29) is 16.6 Å². The molecule has 0 amide bonds. The third-order valence-corrected chi connectivity index (χ3v) is 5.59. The Morgan fingerprint density at radius 3 is 2.54 bits per heavy atom. The van der Waals surface area contributed by atoms with E-state index in [1.54, 1.807) is 0 Å². The highest BCUT2D eigenvalue weighted by Gasteiger charge is 2.52. The van der Waals surface area contributed by atoms with Crippen molar-refractivity contribution in [3.8, 4) is 5.75 Å². The first-order valence-electron chi connectivity index (χ1n) is 7.07. The van der Waals surface area contributed by atoms with Gasteiger partial charge in [0.15, 0.2) is 5.82 Å². The van der Waals surface area contributed by atoms with Crippen LogP contribution in [0.5, 0.6) is 5.75 Å². The number of methoxy groups -OCH3 is 1. The first-order valence-corrected chi connectivity index (χ1v) is 8.51. The zero-order chi connectivity index (χ0) is 17.5. The maximum absolute atomic E-state index is 13.9. The van der Waals surface area contributed by atoms with Crippen molar-refractivity contribution < 1.29 is 26.5 Å². The van der Waals surface area contributed by atoms with Gasteiger partial charge in [-0.3, -0.25) is 0 Å². The summed E-state index contributed by atoms with van der Waals surface area (Å²) in [6.07, 6.45) is -0.704. The highest BCUT2D eigenvalue weighted by atomic mass is 32.2. The van der Waals surface area contributed by atoms with E-state index in [2.05, 4.69) is 10.1 Å². The van der Waals surface area contributed by atoms with E-state index < -0.39 is 35.0 Å². The summed E-state index contributed by atoms with van der Waals surface area (Å²) in [5, 5.41) is 3.55. The number of hydrogen-bond acceptors (Lipinski definition) is 6. The monoisotopic (exact) mass is 359 g/mol. The van der Waals surface area contributed by atoms with Gasteiger partial charge in [-0.15, -0.1) is 0 Å². The number of alkyl halides is 2. The molecule has 1 aromatic carbocycles. The summed E-state index contributed by atoms with van der Waals surface area (Å²) in [5.41, 5.74) is 0. The molecule has 0 radical (unpaired) electrons. The molecule has 0 bridgehead atoms. The molecule has 10 heteroatoms. The van der Waals surface area contributed by atoms with Crippen molar-refractivity contribution in [2.45, 2.75) is 30.2 Å². The average molecular weight is 359 g/mol. The fourth-order valence-corrected chi connectivity index (χ4v) is 4.19. The van der Waals surface area contributed by atoms with Gasteiger partial charge in [-0.25, -0.2) is 17.2 Å². The molecule has 0 saturated carbocycles. The van der Waals surface area contributed by atoms with E-state index in [4.69, 9.17) is 9.26 Å². The van der Waals surface area contributed by atoms with Crippen LogP contribution in [-0.2, 0) is 10.0 Å². The summed E-state index contributed by atoms with van der Waals surface area (Å²) in [4.78, 5) is 3.80. The quantitative estimate of drug-likeness (QED) is 0.832. The standard InChI is InChI=1S/C14H15F2N3O4S/c1-9-17-13(23-18-9)12-7-14(15,16)8-19(12)24(20,21)11-5-3-10(22-2)4-6-11/h3-6,12H,7-8H2,1-2H3/t12-/m0/s1. The van der Waals surface area contributed by atoms with Gasteiger partial charge in [0.1, 0.15) is 11.8 Å². The lowest BCUT2D eigenvalue weighted by Crippen LogP contribution is -2.33. The Bertz CT molecular complexity index is 836. The molecular formula is C14H15F2N3O4S. The van der Waals surface area contributed by atoms with Crippen LogP contribution in [0.15, 0.2) is 33.7 Å². The second-order valence-electron chi connectivity index (χ2n) is 5.48. The first-order chi connectivity index (χ1) is 11.2. The Balaban J connectivity index is 2.00. The lowest BCUT2D eigenvalue weighted by atomic mass is 10.2. The molecule has 130 valence electrons. The Morgan fingerprint density at radius 1 is 1.33 bits per heavy atom. The molecule has 0 N–H and O–H groups in total. The molecule has 0 aliphatic carbocycles. The summed E-state index contributed by atoms with van der Waals surface area (Å²) in [5.74, 6) is -2.60. The third-order valence-electron chi connectivity index (χ3n) is 3.72. The first kappa shape index (κ1) is 16.8.